The van der Waals surface area contributed by atoms with E-state index >= 15 is 0 Å². The van der Waals surface area contributed by atoms with E-state index < -0.39 is 0 Å². The van der Waals surface area contributed by atoms with Crippen molar-refractivity contribution in [1.29, 1.82) is 0 Å². The van der Waals surface area contributed by atoms with Gasteiger partial charge in [-0.1, -0.05) is 26.0 Å². The van der Waals surface area contributed by atoms with Gasteiger partial charge in [0.25, 0.3) is 0 Å². The fourth-order valence-electron chi connectivity index (χ4n) is 2.54. The van der Waals surface area contributed by atoms with Crippen LogP contribution in [0.3, 0.4) is 0 Å². The zero-order chi connectivity index (χ0) is 13.5. The second-order valence-electron chi connectivity index (χ2n) is 5.19. The summed E-state index contributed by atoms with van der Waals surface area (Å²) >= 11 is 0. The molecule has 1 aliphatic heterocycles. The molecule has 3 nitrogen and oxygen atoms in total. The molecule has 0 atom stereocenters. The monoisotopic (exact) mass is 262 g/mol. The van der Waals surface area contributed by atoms with Crippen molar-refractivity contribution >= 4 is 5.69 Å². The lowest BCUT2D eigenvalue weighted by atomic mass is 10.1. The maximum absolute atomic E-state index is 5.40. The first-order valence-corrected chi connectivity index (χ1v) is 7.47. The van der Waals surface area contributed by atoms with E-state index in [4.69, 9.17) is 4.74 Å². The number of hydrogen-bond donors (Lipinski definition) is 1. The first-order valence-electron chi connectivity index (χ1n) is 7.47. The van der Waals surface area contributed by atoms with Gasteiger partial charge in [0.2, 0.25) is 0 Å². The van der Waals surface area contributed by atoms with Crippen LogP contribution in [0.1, 0.15) is 32.3 Å². The number of benzene rings is 1. The van der Waals surface area contributed by atoms with Gasteiger partial charge in [-0.2, -0.15) is 0 Å². The van der Waals surface area contributed by atoms with E-state index in [0.717, 1.165) is 45.7 Å². The molecule has 19 heavy (non-hydrogen) atoms. The molecule has 0 spiro atoms. The molecule has 0 radical (unpaired) electrons. The molecule has 1 saturated heterocycles. The topological polar surface area (TPSA) is 24.5 Å². The Kier molecular flexibility index (Phi) is 5.67. The Morgan fingerprint density at radius 1 is 1.21 bits per heavy atom. The van der Waals surface area contributed by atoms with E-state index in [0.29, 0.717) is 6.04 Å². The Hall–Kier alpha value is -1.06. The smallest absolute Gasteiger partial charge is 0.0485 e. The van der Waals surface area contributed by atoms with E-state index in [1.54, 1.807) is 0 Å². The van der Waals surface area contributed by atoms with Gasteiger partial charge in [0.05, 0.1) is 0 Å². The highest BCUT2D eigenvalue weighted by Gasteiger charge is 2.13. The van der Waals surface area contributed by atoms with Crippen molar-refractivity contribution in [3.63, 3.8) is 0 Å². The van der Waals surface area contributed by atoms with Crippen molar-refractivity contribution in [3.05, 3.63) is 29.8 Å². The fourth-order valence-corrected chi connectivity index (χ4v) is 2.54. The van der Waals surface area contributed by atoms with Crippen molar-refractivity contribution in [2.75, 3.05) is 31.6 Å². The van der Waals surface area contributed by atoms with Gasteiger partial charge in [-0.05, 0) is 43.6 Å². The predicted octanol–water partition coefficient (Wildman–Crippen LogP) is 3.12. The van der Waals surface area contributed by atoms with E-state index in [9.17, 15) is 0 Å². The highest BCUT2D eigenvalue weighted by Crippen LogP contribution is 2.17. The molecular formula is C16H26N2O. The van der Waals surface area contributed by atoms with Crippen molar-refractivity contribution in [2.24, 2.45) is 0 Å². The average Bonchev–Trinajstić information content (AvgIpc) is 2.46. The molecule has 0 bridgehead atoms. The highest BCUT2D eigenvalue weighted by molar-refractivity contribution is 5.46. The van der Waals surface area contributed by atoms with Crippen molar-refractivity contribution < 1.29 is 4.74 Å². The molecule has 3 heteroatoms. The average molecular weight is 262 g/mol. The Bertz CT molecular complexity index is 371. The lowest BCUT2D eigenvalue weighted by Crippen LogP contribution is -2.28. The molecule has 0 unspecified atom stereocenters. The maximum Gasteiger partial charge on any atom is 0.0485 e. The lowest BCUT2D eigenvalue weighted by Gasteiger charge is -2.24. The third-order valence-corrected chi connectivity index (χ3v) is 3.82. The van der Waals surface area contributed by atoms with Crippen molar-refractivity contribution in [2.45, 2.75) is 39.3 Å². The standard InChI is InChI=1S/C16H26N2O/c1-3-18(4-2)13-14-6-5-7-16(12-14)17-15-8-10-19-11-9-15/h5-7,12,15,17H,3-4,8-11,13H2,1-2H3. The van der Waals surface area contributed by atoms with Gasteiger partial charge in [0, 0.05) is 31.5 Å². The summed E-state index contributed by atoms with van der Waals surface area (Å²) in [6.45, 7) is 9.45. The first kappa shape index (κ1) is 14.4. The normalized spacial score (nSPS) is 16.8. The van der Waals surface area contributed by atoms with Crippen molar-refractivity contribution in [1.82, 2.24) is 4.90 Å². The summed E-state index contributed by atoms with van der Waals surface area (Å²) in [6, 6.07) is 9.39. The van der Waals surface area contributed by atoms with Crippen LogP contribution in [0.5, 0.6) is 0 Å². The van der Waals surface area contributed by atoms with Crippen LogP contribution < -0.4 is 5.32 Å². The molecule has 1 heterocycles. The summed E-state index contributed by atoms with van der Waals surface area (Å²) in [4.78, 5) is 2.44. The second kappa shape index (κ2) is 7.51. The first-order chi connectivity index (χ1) is 9.31. The molecular weight excluding hydrogens is 236 g/mol. The van der Waals surface area contributed by atoms with Crippen LogP contribution in [0.4, 0.5) is 5.69 Å². The summed E-state index contributed by atoms with van der Waals surface area (Å²) < 4.78 is 5.40. The number of nitrogens with one attached hydrogen (secondary N) is 1. The number of rotatable bonds is 6. The predicted molar refractivity (Wildman–Crippen MR) is 80.5 cm³/mol. The van der Waals surface area contributed by atoms with Crippen LogP contribution in [0.15, 0.2) is 24.3 Å². The minimum atomic E-state index is 0.567. The van der Waals surface area contributed by atoms with Gasteiger partial charge >= 0.3 is 0 Å². The van der Waals surface area contributed by atoms with Gasteiger partial charge in [-0.3, -0.25) is 4.90 Å². The van der Waals surface area contributed by atoms with Gasteiger partial charge in [0.1, 0.15) is 0 Å². The van der Waals surface area contributed by atoms with E-state index in [-0.39, 0.29) is 0 Å². The van der Waals surface area contributed by atoms with Crippen LogP contribution in [0, 0.1) is 0 Å². The molecule has 0 amide bonds. The molecule has 1 aromatic carbocycles. The summed E-state index contributed by atoms with van der Waals surface area (Å²) in [5, 5.41) is 3.63. The van der Waals surface area contributed by atoms with Gasteiger partial charge in [-0.25, -0.2) is 0 Å². The van der Waals surface area contributed by atoms with Gasteiger partial charge in [0.15, 0.2) is 0 Å². The van der Waals surface area contributed by atoms with Crippen molar-refractivity contribution in [3.8, 4) is 0 Å². The summed E-state index contributed by atoms with van der Waals surface area (Å²) in [7, 11) is 0. The van der Waals surface area contributed by atoms with Crippen LogP contribution in [-0.4, -0.2) is 37.2 Å². The molecule has 1 aromatic rings. The van der Waals surface area contributed by atoms with Gasteiger partial charge in [-0.15, -0.1) is 0 Å². The van der Waals surface area contributed by atoms with Crippen LogP contribution in [-0.2, 0) is 11.3 Å². The molecule has 0 aromatic heterocycles. The Balaban J connectivity index is 1.94. The van der Waals surface area contributed by atoms with Crippen LogP contribution in [0.25, 0.3) is 0 Å². The number of ether oxygens (including phenoxy) is 1. The summed E-state index contributed by atoms with van der Waals surface area (Å²) in [5.74, 6) is 0. The quantitative estimate of drug-likeness (QED) is 0.852. The largest absolute Gasteiger partial charge is 0.382 e. The molecule has 1 N–H and O–H groups in total. The number of nitrogens with zero attached hydrogens (tertiary/aromatic N) is 1. The zero-order valence-electron chi connectivity index (χ0n) is 12.2. The van der Waals surface area contributed by atoms with Crippen LogP contribution >= 0.6 is 0 Å². The Labute approximate surface area is 116 Å². The minimum Gasteiger partial charge on any atom is -0.382 e. The SMILES string of the molecule is CCN(CC)Cc1cccc(NC2CCOCC2)c1. The third-order valence-electron chi connectivity index (χ3n) is 3.82. The lowest BCUT2D eigenvalue weighted by molar-refractivity contribution is 0.0904. The molecule has 2 rings (SSSR count). The molecule has 0 aliphatic carbocycles. The third kappa shape index (κ3) is 4.51. The summed E-state index contributed by atoms with van der Waals surface area (Å²) in [6.07, 6.45) is 2.22. The second-order valence-corrected chi connectivity index (χ2v) is 5.19. The van der Waals surface area contributed by atoms with E-state index in [2.05, 4.69) is 48.3 Å². The fraction of sp³-hybridized carbons (Fsp3) is 0.625. The maximum atomic E-state index is 5.40. The van der Waals surface area contributed by atoms with Crippen LogP contribution in [0.2, 0.25) is 0 Å². The zero-order valence-corrected chi connectivity index (χ0v) is 12.2. The Morgan fingerprint density at radius 3 is 2.63 bits per heavy atom. The molecule has 1 fully saturated rings. The van der Waals surface area contributed by atoms with Gasteiger partial charge < -0.3 is 10.1 Å². The van der Waals surface area contributed by atoms with E-state index in [1.807, 2.05) is 0 Å². The minimum absolute atomic E-state index is 0.567. The number of hydrogen-bond acceptors (Lipinski definition) is 3. The number of anilines is 1. The molecule has 106 valence electrons. The van der Waals surface area contributed by atoms with E-state index in [1.165, 1.54) is 11.3 Å². The highest BCUT2D eigenvalue weighted by atomic mass is 16.5. The summed E-state index contributed by atoms with van der Waals surface area (Å²) in [5.41, 5.74) is 2.64. The Morgan fingerprint density at radius 2 is 1.95 bits per heavy atom. The molecule has 1 aliphatic rings. The molecule has 0 saturated carbocycles.